The third-order valence-corrected chi connectivity index (χ3v) is 13.3. The van der Waals surface area contributed by atoms with Crippen molar-refractivity contribution in [3.63, 3.8) is 0 Å². The number of hydrogen-bond donors (Lipinski definition) is 0. The van der Waals surface area contributed by atoms with Crippen LogP contribution in [0.4, 0.5) is 0 Å². The minimum atomic E-state index is 0.630. The first kappa shape index (κ1) is 32.3. The molecule has 4 heterocycles. The number of rotatable bonds is 5. The van der Waals surface area contributed by atoms with Gasteiger partial charge < -0.3 is 4.57 Å². The quantitative estimate of drug-likeness (QED) is 0.175. The van der Waals surface area contributed by atoms with Crippen LogP contribution in [0.15, 0.2) is 182 Å². The van der Waals surface area contributed by atoms with Gasteiger partial charge in [-0.05, 0) is 65.7 Å². The van der Waals surface area contributed by atoms with Crippen molar-refractivity contribution in [1.82, 2.24) is 19.5 Å². The first-order valence-electron chi connectivity index (χ1n) is 19.0. The van der Waals surface area contributed by atoms with E-state index in [1.807, 2.05) is 17.4 Å². The standard InChI is InChI=1S/C51H30N4S2/c1-2-12-31(13-3-1)32-14-10-15-33(28-32)49-52-50(54-51(53-49)35-24-25-38-37-18-5-8-22-43(37)57-46(38)30-35)34-16-11-17-36(29-34)55-41-21-7-4-19-39(41)47-42(55)26-27-45-48(47)40-20-6-9-23-44(40)56-45/h1-30H. The number of fused-ring (bicyclic) bond motifs is 10. The van der Waals surface area contributed by atoms with E-state index < -0.39 is 0 Å². The molecule has 0 atom stereocenters. The Labute approximate surface area is 335 Å². The van der Waals surface area contributed by atoms with Gasteiger partial charge in [-0.1, -0.05) is 127 Å². The van der Waals surface area contributed by atoms with E-state index in [2.05, 4.69) is 180 Å². The molecule has 6 heteroatoms. The minimum absolute atomic E-state index is 0.630. The molecule has 0 amide bonds. The smallest absolute Gasteiger partial charge is 0.164 e. The Kier molecular flexibility index (Phi) is 7.24. The van der Waals surface area contributed by atoms with Crippen molar-refractivity contribution in [2.24, 2.45) is 0 Å². The zero-order valence-electron chi connectivity index (χ0n) is 30.4. The van der Waals surface area contributed by atoms with Gasteiger partial charge in [-0.15, -0.1) is 22.7 Å². The molecule has 8 aromatic carbocycles. The first-order valence-corrected chi connectivity index (χ1v) is 20.6. The lowest BCUT2D eigenvalue weighted by Gasteiger charge is -2.12. The summed E-state index contributed by atoms with van der Waals surface area (Å²) < 4.78 is 7.48. The fourth-order valence-electron chi connectivity index (χ4n) is 8.43. The van der Waals surface area contributed by atoms with Crippen LogP contribution in [-0.2, 0) is 0 Å². The Morgan fingerprint density at radius 1 is 0.316 bits per heavy atom. The molecule has 0 fully saturated rings. The second-order valence-corrected chi connectivity index (χ2v) is 16.6. The van der Waals surface area contributed by atoms with Gasteiger partial charge >= 0.3 is 0 Å². The molecule has 0 unspecified atom stereocenters. The lowest BCUT2D eigenvalue weighted by Crippen LogP contribution is -2.01. The Hall–Kier alpha value is -6.99. The molecular weight excluding hydrogens is 733 g/mol. The predicted molar refractivity (Wildman–Crippen MR) is 242 cm³/mol. The predicted octanol–water partition coefficient (Wildman–Crippen LogP) is 14.4. The minimum Gasteiger partial charge on any atom is -0.309 e. The molecule has 0 N–H and O–H groups in total. The molecule has 0 aliphatic rings. The average Bonchev–Trinajstić information content (AvgIpc) is 3.96. The zero-order valence-corrected chi connectivity index (χ0v) is 32.1. The summed E-state index contributed by atoms with van der Waals surface area (Å²) in [6.45, 7) is 0. The van der Waals surface area contributed by atoms with Crippen molar-refractivity contribution >= 4 is 84.8 Å². The monoisotopic (exact) mass is 762 g/mol. The van der Waals surface area contributed by atoms with Crippen LogP contribution in [0.3, 0.4) is 0 Å². The molecule has 0 bridgehead atoms. The lowest BCUT2D eigenvalue weighted by molar-refractivity contribution is 1.07. The largest absolute Gasteiger partial charge is 0.309 e. The van der Waals surface area contributed by atoms with Crippen LogP contribution in [-0.4, -0.2) is 19.5 Å². The van der Waals surface area contributed by atoms with Crippen molar-refractivity contribution in [2.45, 2.75) is 0 Å². The van der Waals surface area contributed by atoms with E-state index in [0.29, 0.717) is 17.5 Å². The fraction of sp³-hybridized carbons (Fsp3) is 0. The van der Waals surface area contributed by atoms with E-state index in [4.69, 9.17) is 15.0 Å². The molecule has 4 aromatic heterocycles. The average molecular weight is 763 g/mol. The SMILES string of the molecule is c1ccc(-c2cccc(-c3nc(-c4cccc(-n5c6ccccc6c6c7c(ccc65)sc5ccccc57)c4)nc(-c4ccc5c(c4)sc4ccccc45)n3)c2)cc1. The number of nitrogens with zero attached hydrogens (tertiary/aromatic N) is 4. The van der Waals surface area contributed by atoms with E-state index in [-0.39, 0.29) is 0 Å². The van der Waals surface area contributed by atoms with Gasteiger partial charge in [0.2, 0.25) is 0 Å². The van der Waals surface area contributed by atoms with Crippen LogP contribution in [0.25, 0.3) is 113 Å². The maximum Gasteiger partial charge on any atom is 0.164 e. The van der Waals surface area contributed by atoms with Crippen LogP contribution in [0.2, 0.25) is 0 Å². The van der Waals surface area contributed by atoms with Gasteiger partial charge in [0, 0.05) is 73.5 Å². The molecule has 4 nitrogen and oxygen atoms in total. The zero-order chi connectivity index (χ0) is 37.5. The van der Waals surface area contributed by atoms with Gasteiger partial charge in [-0.25, -0.2) is 15.0 Å². The second-order valence-electron chi connectivity index (χ2n) is 14.4. The summed E-state index contributed by atoms with van der Waals surface area (Å²) in [5.41, 5.74) is 8.49. The van der Waals surface area contributed by atoms with Crippen LogP contribution >= 0.6 is 22.7 Å². The molecule has 12 rings (SSSR count). The van der Waals surface area contributed by atoms with Crippen molar-refractivity contribution in [1.29, 1.82) is 0 Å². The summed E-state index contributed by atoms with van der Waals surface area (Å²) in [4.78, 5) is 15.6. The fourth-order valence-corrected chi connectivity index (χ4v) is 10.7. The molecule has 57 heavy (non-hydrogen) atoms. The highest BCUT2D eigenvalue weighted by Gasteiger charge is 2.19. The molecule has 0 aliphatic heterocycles. The van der Waals surface area contributed by atoms with E-state index in [1.54, 1.807) is 11.3 Å². The summed E-state index contributed by atoms with van der Waals surface area (Å²) in [7, 11) is 0. The highest BCUT2D eigenvalue weighted by Crippen LogP contribution is 2.44. The van der Waals surface area contributed by atoms with Gasteiger partial charge in [0.1, 0.15) is 0 Å². The Morgan fingerprint density at radius 3 is 1.70 bits per heavy atom. The highest BCUT2D eigenvalue weighted by atomic mass is 32.1. The second kappa shape index (κ2) is 12.8. The van der Waals surface area contributed by atoms with E-state index >= 15 is 0 Å². The van der Waals surface area contributed by atoms with Crippen LogP contribution < -0.4 is 0 Å². The normalized spacial score (nSPS) is 11.9. The van der Waals surface area contributed by atoms with Crippen molar-refractivity contribution < 1.29 is 0 Å². The topological polar surface area (TPSA) is 43.6 Å². The number of benzene rings is 8. The highest BCUT2D eigenvalue weighted by molar-refractivity contribution is 7.26. The summed E-state index contributed by atoms with van der Waals surface area (Å²) in [5, 5.41) is 7.66. The number of aromatic nitrogens is 4. The molecule has 266 valence electrons. The van der Waals surface area contributed by atoms with Gasteiger partial charge in [0.05, 0.1) is 11.0 Å². The van der Waals surface area contributed by atoms with Gasteiger partial charge in [0.15, 0.2) is 17.5 Å². The van der Waals surface area contributed by atoms with Gasteiger partial charge in [0.25, 0.3) is 0 Å². The summed E-state index contributed by atoms with van der Waals surface area (Å²) >= 11 is 3.66. The molecule has 0 aliphatic carbocycles. The molecule has 0 spiro atoms. The van der Waals surface area contributed by atoms with E-state index in [9.17, 15) is 0 Å². The van der Waals surface area contributed by atoms with Crippen LogP contribution in [0.5, 0.6) is 0 Å². The molecule has 0 radical (unpaired) electrons. The third kappa shape index (κ3) is 5.22. The van der Waals surface area contributed by atoms with Crippen LogP contribution in [0, 0.1) is 0 Å². The first-order chi connectivity index (χ1) is 28.2. The Balaban J connectivity index is 1.06. The molecule has 12 aromatic rings. The van der Waals surface area contributed by atoms with Crippen LogP contribution in [0.1, 0.15) is 0 Å². The number of para-hydroxylation sites is 1. The van der Waals surface area contributed by atoms with Crippen molar-refractivity contribution in [3.8, 4) is 51.0 Å². The maximum atomic E-state index is 5.23. The maximum absolute atomic E-state index is 5.23. The summed E-state index contributed by atoms with van der Waals surface area (Å²) in [6, 6.07) is 64.8. The van der Waals surface area contributed by atoms with E-state index in [1.165, 1.54) is 62.2 Å². The van der Waals surface area contributed by atoms with Gasteiger partial charge in [-0.3, -0.25) is 0 Å². The molecular formula is C51H30N4S2. The Bertz CT molecular complexity index is 3540. The van der Waals surface area contributed by atoms with Crippen molar-refractivity contribution in [3.05, 3.63) is 182 Å². The summed E-state index contributed by atoms with van der Waals surface area (Å²) in [6.07, 6.45) is 0. The third-order valence-electron chi connectivity index (χ3n) is 11.0. The summed E-state index contributed by atoms with van der Waals surface area (Å²) in [5.74, 6) is 1.91. The number of hydrogen-bond acceptors (Lipinski definition) is 5. The van der Waals surface area contributed by atoms with Crippen molar-refractivity contribution in [2.75, 3.05) is 0 Å². The molecule has 0 saturated carbocycles. The lowest BCUT2D eigenvalue weighted by atomic mass is 10.0. The molecule has 0 saturated heterocycles. The Morgan fingerprint density at radius 2 is 0.895 bits per heavy atom. The van der Waals surface area contributed by atoms with E-state index in [0.717, 1.165) is 33.5 Å². The van der Waals surface area contributed by atoms with Gasteiger partial charge in [-0.2, -0.15) is 0 Å². The number of thiophene rings is 2.